The van der Waals surface area contributed by atoms with E-state index in [1.807, 2.05) is 41.5 Å². The zero-order valence-electron chi connectivity index (χ0n) is 28.7. The highest BCUT2D eigenvalue weighted by Crippen LogP contribution is 2.56. The van der Waals surface area contributed by atoms with Gasteiger partial charge >= 0.3 is 5.97 Å². The van der Waals surface area contributed by atoms with E-state index in [4.69, 9.17) is 14.2 Å². The van der Waals surface area contributed by atoms with Crippen molar-refractivity contribution in [2.75, 3.05) is 0 Å². The molecular formula is C34H60O10. The van der Waals surface area contributed by atoms with E-state index in [0.717, 1.165) is 0 Å². The molecule has 0 amide bonds. The van der Waals surface area contributed by atoms with Crippen LogP contribution in [0, 0.1) is 47.3 Å². The maximum Gasteiger partial charge on any atom is 0.311 e. The van der Waals surface area contributed by atoms with Gasteiger partial charge in [0.2, 0.25) is 0 Å². The van der Waals surface area contributed by atoms with Gasteiger partial charge in [-0.1, -0.05) is 55.4 Å². The second kappa shape index (κ2) is 13.2. The first-order valence-corrected chi connectivity index (χ1v) is 16.8. The third kappa shape index (κ3) is 6.14. The number of carboxylic acids is 1. The second-order valence-electron chi connectivity index (χ2n) is 15.1. The lowest BCUT2D eigenvalue weighted by Gasteiger charge is -2.49. The van der Waals surface area contributed by atoms with Gasteiger partial charge in [-0.15, -0.1) is 0 Å². The SMILES string of the molecule is CC[C@@H](C(=O)[C@@H](C)[C@@H](O)[C@H](C)[C@H]1O[C@@](O)([C@H](C)C(=O)O)[C@H](C)C[C@@H]1C)[C@H]1O[C@](C)([C@]2(O)O[C@@](CC)(C(C)O)C[C@H]2C)C[C@@H]1C. The largest absolute Gasteiger partial charge is 0.481 e. The van der Waals surface area contributed by atoms with Crippen molar-refractivity contribution in [3.05, 3.63) is 0 Å². The van der Waals surface area contributed by atoms with Crippen molar-refractivity contribution in [2.24, 2.45) is 47.3 Å². The Labute approximate surface area is 263 Å². The molecule has 0 aromatic rings. The van der Waals surface area contributed by atoms with Crippen LogP contribution in [0.25, 0.3) is 0 Å². The van der Waals surface area contributed by atoms with Gasteiger partial charge in [0.15, 0.2) is 11.6 Å². The van der Waals surface area contributed by atoms with Gasteiger partial charge in [0.05, 0.1) is 30.0 Å². The fourth-order valence-electron chi connectivity index (χ4n) is 8.80. The predicted molar refractivity (Wildman–Crippen MR) is 164 cm³/mol. The summed E-state index contributed by atoms with van der Waals surface area (Å²) in [6, 6.07) is 0. The number of carbonyl (C=O) groups is 2. The van der Waals surface area contributed by atoms with Crippen molar-refractivity contribution in [1.82, 2.24) is 0 Å². The zero-order valence-corrected chi connectivity index (χ0v) is 28.7. The summed E-state index contributed by atoms with van der Waals surface area (Å²) in [7, 11) is 0. The zero-order chi connectivity index (χ0) is 33.7. The number of carbonyl (C=O) groups excluding carboxylic acids is 1. The Bertz CT molecular complexity index is 1040. The van der Waals surface area contributed by atoms with Gasteiger partial charge in [-0.2, -0.15) is 0 Å². The molecule has 1 unspecified atom stereocenters. The van der Waals surface area contributed by atoms with Crippen molar-refractivity contribution >= 4 is 11.8 Å². The van der Waals surface area contributed by atoms with Crippen LogP contribution < -0.4 is 0 Å². The van der Waals surface area contributed by atoms with Crippen molar-refractivity contribution < 1.29 is 49.3 Å². The number of carboxylic acid groups (broad SMARTS) is 1. The van der Waals surface area contributed by atoms with E-state index >= 15 is 0 Å². The molecule has 0 bridgehead atoms. The van der Waals surface area contributed by atoms with E-state index in [0.29, 0.717) is 32.1 Å². The van der Waals surface area contributed by atoms with Crippen LogP contribution in [0.1, 0.15) is 108 Å². The molecule has 3 aliphatic heterocycles. The van der Waals surface area contributed by atoms with Gasteiger partial charge in [0.25, 0.3) is 0 Å². The quantitative estimate of drug-likeness (QED) is 0.212. The molecule has 10 heteroatoms. The smallest absolute Gasteiger partial charge is 0.311 e. The molecule has 0 spiro atoms. The van der Waals surface area contributed by atoms with Gasteiger partial charge in [0.1, 0.15) is 17.3 Å². The number of Topliss-reactive ketones (excluding diaryl/α,β-unsaturated/α-hetero) is 1. The Balaban J connectivity index is 1.80. The predicted octanol–water partition coefficient (Wildman–Crippen LogP) is 4.14. The normalized spacial score (nSPS) is 45.3. The molecule has 16 atom stereocenters. The first kappa shape index (κ1) is 37.3. The lowest BCUT2D eigenvalue weighted by atomic mass is 9.72. The summed E-state index contributed by atoms with van der Waals surface area (Å²) in [5.41, 5.74) is -2.00. The Hall–Kier alpha value is -1.14. The maximum atomic E-state index is 14.1. The highest BCUT2D eigenvalue weighted by Gasteiger charge is 2.66. The van der Waals surface area contributed by atoms with E-state index in [9.17, 15) is 35.1 Å². The molecule has 0 aromatic carbocycles. The summed E-state index contributed by atoms with van der Waals surface area (Å²) in [6.07, 6.45) is -0.601. The van der Waals surface area contributed by atoms with E-state index in [-0.39, 0.29) is 23.5 Å². The highest BCUT2D eigenvalue weighted by atomic mass is 16.7. The number of rotatable bonds is 12. The molecule has 3 rings (SSSR count). The lowest BCUT2D eigenvalue weighted by molar-refractivity contribution is -0.331. The summed E-state index contributed by atoms with van der Waals surface area (Å²) >= 11 is 0. The molecule has 3 fully saturated rings. The molecule has 0 aliphatic carbocycles. The number of aliphatic hydroxyl groups is 4. The van der Waals surface area contributed by atoms with Crippen LogP contribution in [-0.4, -0.2) is 84.5 Å². The molecule has 10 nitrogen and oxygen atoms in total. The molecule has 256 valence electrons. The Morgan fingerprint density at radius 2 is 1.48 bits per heavy atom. The van der Waals surface area contributed by atoms with E-state index in [1.165, 1.54) is 6.92 Å². The number of ketones is 1. The summed E-state index contributed by atoms with van der Waals surface area (Å²) < 4.78 is 19.1. The van der Waals surface area contributed by atoms with Crippen LogP contribution in [0.5, 0.6) is 0 Å². The lowest BCUT2D eigenvalue weighted by Crippen LogP contribution is -2.58. The highest BCUT2D eigenvalue weighted by molar-refractivity contribution is 5.84. The van der Waals surface area contributed by atoms with Crippen LogP contribution in [0.4, 0.5) is 0 Å². The monoisotopic (exact) mass is 628 g/mol. The Morgan fingerprint density at radius 3 is 1.95 bits per heavy atom. The summed E-state index contributed by atoms with van der Waals surface area (Å²) in [6.45, 7) is 19.9. The van der Waals surface area contributed by atoms with Gasteiger partial charge in [-0.25, -0.2) is 0 Å². The van der Waals surface area contributed by atoms with E-state index < -0.39 is 82.8 Å². The van der Waals surface area contributed by atoms with Gasteiger partial charge < -0.3 is 39.7 Å². The van der Waals surface area contributed by atoms with Crippen molar-refractivity contribution in [3.8, 4) is 0 Å². The van der Waals surface area contributed by atoms with Crippen molar-refractivity contribution in [3.63, 3.8) is 0 Å². The van der Waals surface area contributed by atoms with Crippen LogP contribution in [0.15, 0.2) is 0 Å². The molecule has 3 saturated heterocycles. The topological polar surface area (TPSA) is 163 Å². The molecule has 5 N–H and O–H groups in total. The van der Waals surface area contributed by atoms with Gasteiger partial charge in [-0.05, 0) is 64.7 Å². The average Bonchev–Trinajstić information content (AvgIpc) is 3.43. The molecule has 0 radical (unpaired) electrons. The fourth-order valence-corrected chi connectivity index (χ4v) is 8.80. The van der Waals surface area contributed by atoms with Gasteiger partial charge in [0, 0.05) is 29.6 Å². The van der Waals surface area contributed by atoms with Crippen molar-refractivity contribution in [1.29, 1.82) is 0 Å². The number of hydrogen-bond acceptors (Lipinski definition) is 9. The van der Waals surface area contributed by atoms with Crippen molar-refractivity contribution in [2.45, 2.75) is 155 Å². The van der Waals surface area contributed by atoms with Gasteiger partial charge in [-0.3, -0.25) is 9.59 Å². The molecule has 3 heterocycles. The minimum Gasteiger partial charge on any atom is -0.481 e. The summed E-state index contributed by atoms with van der Waals surface area (Å²) in [4.78, 5) is 25.8. The Morgan fingerprint density at radius 1 is 0.886 bits per heavy atom. The molecule has 0 saturated carbocycles. The minimum absolute atomic E-state index is 0.0786. The molecular weight excluding hydrogens is 568 g/mol. The molecule has 44 heavy (non-hydrogen) atoms. The first-order chi connectivity index (χ1) is 20.2. The second-order valence-corrected chi connectivity index (χ2v) is 15.1. The van der Waals surface area contributed by atoms with Crippen LogP contribution in [0.3, 0.4) is 0 Å². The van der Waals surface area contributed by atoms with E-state index in [2.05, 4.69) is 0 Å². The standard InChI is InChI=1S/C34H60O10/c1-12-25(29-18(4)15-31(11,42-29)34(41)20(6)16-32(13-2,44-34)24(10)35)27(37)21(7)26(36)22(8)28-17(3)14-19(5)33(40,43-28)23(9)30(38)39/h17-26,28-29,35-36,40-41H,12-16H2,1-11H3,(H,38,39)/t17-,18-,19+,20+,21-,22-,23+,24?,25-,26+,28-,29-,31-,32+,33+,34+/m0/s1. The maximum absolute atomic E-state index is 14.1. The average molecular weight is 629 g/mol. The van der Waals surface area contributed by atoms with E-state index in [1.54, 1.807) is 27.7 Å². The fraction of sp³-hybridized carbons (Fsp3) is 0.941. The van der Waals surface area contributed by atoms with Crippen LogP contribution in [-0.2, 0) is 23.8 Å². The minimum atomic E-state index is -1.89. The van der Waals surface area contributed by atoms with Crippen LogP contribution in [0.2, 0.25) is 0 Å². The third-order valence-corrected chi connectivity index (χ3v) is 12.0. The molecule has 3 aliphatic rings. The Kier molecular flexibility index (Phi) is 11.2. The number of aliphatic carboxylic acids is 1. The third-order valence-electron chi connectivity index (χ3n) is 12.0. The first-order valence-electron chi connectivity index (χ1n) is 16.8. The number of ether oxygens (including phenoxy) is 3. The summed E-state index contributed by atoms with van der Waals surface area (Å²) in [5.74, 6) is -8.84. The summed E-state index contributed by atoms with van der Waals surface area (Å²) in [5, 5.41) is 55.0. The number of aliphatic hydroxyl groups excluding tert-OH is 2. The number of hydrogen-bond donors (Lipinski definition) is 5. The molecule has 0 aromatic heterocycles. The van der Waals surface area contributed by atoms with Crippen LogP contribution >= 0.6 is 0 Å².